The summed E-state index contributed by atoms with van der Waals surface area (Å²) in [6.07, 6.45) is -0.328. The van der Waals surface area contributed by atoms with Crippen LogP contribution in [-0.2, 0) is 14.8 Å². The molecule has 2 aromatic rings. The largest absolute Gasteiger partial charge is 0.373 e. The Hall–Kier alpha value is -1.93. The van der Waals surface area contributed by atoms with Gasteiger partial charge in [-0.15, -0.1) is 0 Å². The van der Waals surface area contributed by atoms with Crippen molar-refractivity contribution in [1.82, 2.24) is 4.31 Å². The fourth-order valence-corrected chi connectivity index (χ4v) is 5.04. The van der Waals surface area contributed by atoms with E-state index in [1.807, 2.05) is 26.8 Å². The first-order chi connectivity index (χ1) is 13.2. The van der Waals surface area contributed by atoms with Gasteiger partial charge in [0.15, 0.2) is 0 Å². The summed E-state index contributed by atoms with van der Waals surface area (Å²) in [5.41, 5.74) is 1.84. The first-order valence-corrected chi connectivity index (χ1v) is 10.8. The molecular weight excluding hydrogens is 400 g/mol. The summed E-state index contributed by atoms with van der Waals surface area (Å²) < 4.78 is 32.8. The van der Waals surface area contributed by atoms with Gasteiger partial charge in [0, 0.05) is 18.7 Å². The quantitative estimate of drug-likeness (QED) is 0.815. The van der Waals surface area contributed by atoms with Crippen molar-refractivity contribution < 1.29 is 17.9 Å². The van der Waals surface area contributed by atoms with E-state index in [9.17, 15) is 13.2 Å². The lowest BCUT2D eigenvalue weighted by Crippen LogP contribution is -2.48. The van der Waals surface area contributed by atoms with Crippen molar-refractivity contribution in [1.29, 1.82) is 0 Å². The predicted octanol–water partition coefficient (Wildman–Crippen LogP) is 3.70. The number of benzene rings is 2. The van der Waals surface area contributed by atoms with Crippen LogP contribution in [-0.4, -0.2) is 43.9 Å². The Bertz CT molecular complexity index is 966. The van der Waals surface area contributed by atoms with Crippen LogP contribution in [0.4, 0.5) is 5.69 Å². The van der Waals surface area contributed by atoms with Crippen LogP contribution in [0.15, 0.2) is 47.4 Å². The molecule has 8 heteroatoms. The van der Waals surface area contributed by atoms with Gasteiger partial charge in [0.05, 0.1) is 27.8 Å². The number of amides is 1. The van der Waals surface area contributed by atoms with Crippen LogP contribution in [0.25, 0.3) is 0 Å². The standard InChI is InChI=1S/C20H23ClN2O4S/c1-13-4-9-19(18(21)10-13)22-20(24)16-5-7-17(8-6-16)28(25,26)23-11-14(2)27-15(3)12-23/h4-10,14-15H,11-12H2,1-3H3,(H,22,24)/t14-,15+. The van der Waals surface area contributed by atoms with Crippen LogP contribution >= 0.6 is 11.6 Å². The summed E-state index contributed by atoms with van der Waals surface area (Å²) in [7, 11) is -3.64. The van der Waals surface area contributed by atoms with Crippen LogP contribution in [0.2, 0.25) is 5.02 Å². The van der Waals surface area contributed by atoms with Crippen molar-refractivity contribution >= 4 is 33.2 Å². The molecule has 1 aliphatic heterocycles. The SMILES string of the molecule is Cc1ccc(NC(=O)c2ccc(S(=O)(=O)N3C[C@@H](C)O[C@@H](C)C3)cc2)c(Cl)c1. The highest BCUT2D eigenvalue weighted by Gasteiger charge is 2.32. The lowest BCUT2D eigenvalue weighted by molar-refractivity contribution is -0.0440. The molecular formula is C20H23ClN2O4S. The minimum absolute atomic E-state index is 0.152. The minimum atomic E-state index is -3.64. The lowest BCUT2D eigenvalue weighted by Gasteiger charge is -2.34. The van der Waals surface area contributed by atoms with E-state index in [1.54, 1.807) is 12.1 Å². The molecule has 0 radical (unpaired) electrons. The van der Waals surface area contributed by atoms with Gasteiger partial charge in [-0.3, -0.25) is 4.79 Å². The number of carbonyl (C=O) groups excluding carboxylic acids is 1. The molecule has 0 saturated carbocycles. The van der Waals surface area contributed by atoms with Gasteiger partial charge in [0.1, 0.15) is 0 Å². The highest BCUT2D eigenvalue weighted by atomic mass is 35.5. The summed E-state index contributed by atoms with van der Waals surface area (Å²) in [6.45, 7) is 6.22. The molecule has 28 heavy (non-hydrogen) atoms. The normalized spacial score (nSPS) is 20.7. The summed E-state index contributed by atoms with van der Waals surface area (Å²) >= 11 is 6.15. The second-order valence-corrected chi connectivity index (χ2v) is 9.39. The summed E-state index contributed by atoms with van der Waals surface area (Å²) in [4.78, 5) is 12.6. The zero-order valence-corrected chi connectivity index (χ0v) is 17.5. The van der Waals surface area contributed by atoms with Gasteiger partial charge in [-0.25, -0.2) is 8.42 Å². The van der Waals surface area contributed by atoms with Crippen LogP contribution in [0, 0.1) is 6.92 Å². The monoisotopic (exact) mass is 422 g/mol. The maximum atomic E-state index is 12.9. The van der Waals surface area contributed by atoms with Crippen molar-refractivity contribution in [2.75, 3.05) is 18.4 Å². The maximum Gasteiger partial charge on any atom is 0.255 e. The number of sulfonamides is 1. The van der Waals surface area contributed by atoms with Gasteiger partial charge in [-0.05, 0) is 62.7 Å². The molecule has 0 spiro atoms. The van der Waals surface area contributed by atoms with Gasteiger partial charge < -0.3 is 10.1 Å². The van der Waals surface area contributed by atoms with Crippen molar-refractivity contribution in [3.8, 4) is 0 Å². The van der Waals surface area contributed by atoms with Gasteiger partial charge >= 0.3 is 0 Å². The van der Waals surface area contributed by atoms with E-state index in [2.05, 4.69) is 5.32 Å². The van der Waals surface area contributed by atoms with Crippen molar-refractivity contribution in [2.24, 2.45) is 0 Å². The number of rotatable bonds is 4. The Morgan fingerprint density at radius 1 is 1.11 bits per heavy atom. The second kappa shape index (κ2) is 8.21. The first kappa shape index (κ1) is 20.8. The van der Waals surface area contributed by atoms with Crippen LogP contribution in [0.3, 0.4) is 0 Å². The Morgan fingerprint density at radius 2 is 1.71 bits per heavy atom. The molecule has 0 bridgehead atoms. The van der Waals surface area contributed by atoms with E-state index in [-0.39, 0.29) is 23.0 Å². The smallest absolute Gasteiger partial charge is 0.255 e. The number of halogens is 1. The summed E-state index contributed by atoms with van der Waals surface area (Å²) in [5.74, 6) is -0.358. The van der Waals surface area contributed by atoms with E-state index in [4.69, 9.17) is 16.3 Å². The third kappa shape index (κ3) is 4.55. The van der Waals surface area contributed by atoms with Crippen LogP contribution < -0.4 is 5.32 Å². The number of ether oxygens (including phenoxy) is 1. The minimum Gasteiger partial charge on any atom is -0.373 e. The first-order valence-electron chi connectivity index (χ1n) is 9.00. The number of nitrogens with zero attached hydrogens (tertiary/aromatic N) is 1. The second-order valence-electron chi connectivity index (χ2n) is 7.04. The van der Waals surface area contributed by atoms with Crippen LogP contribution in [0.5, 0.6) is 0 Å². The Labute approximate surface area is 170 Å². The molecule has 1 amide bonds. The third-order valence-electron chi connectivity index (χ3n) is 4.51. The van der Waals surface area contributed by atoms with E-state index >= 15 is 0 Å². The highest BCUT2D eigenvalue weighted by Crippen LogP contribution is 2.24. The van der Waals surface area contributed by atoms with Crippen molar-refractivity contribution in [3.63, 3.8) is 0 Å². The molecule has 0 aliphatic carbocycles. The molecule has 150 valence electrons. The van der Waals surface area contributed by atoms with E-state index in [0.717, 1.165) is 5.56 Å². The predicted molar refractivity (Wildman–Crippen MR) is 109 cm³/mol. The fourth-order valence-electron chi connectivity index (χ4n) is 3.17. The van der Waals surface area contributed by atoms with Gasteiger partial charge in [0.25, 0.3) is 5.91 Å². The zero-order chi connectivity index (χ0) is 20.5. The van der Waals surface area contributed by atoms with E-state index in [0.29, 0.717) is 29.4 Å². The third-order valence-corrected chi connectivity index (χ3v) is 6.67. The van der Waals surface area contributed by atoms with E-state index in [1.165, 1.54) is 28.6 Å². The molecule has 1 fully saturated rings. The molecule has 2 aromatic carbocycles. The molecule has 1 aliphatic rings. The average molecular weight is 423 g/mol. The van der Waals surface area contributed by atoms with Crippen LogP contribution in [0.1, 0.15) is 29.8 Å². The van der Waals surface area contributed by atoms with E-state index < -0.39 is 10.0 Å². The topological polar surface area (TPSA) is 75.7 Å². The summed E-state index contributed by atoms with van der Waals surface area (Å²) in [6, 6.07) is 11.2. The highest BCUT2D eigenvalue weighted by molar-refractivity contribution is 7.89. The lowest BCUT2D eigenvalue weighted by atomic mass is 10.2. The molecule has 1 N–H and O–H groups in total. The Balaban J connectivity index is 1.76. The number of morpholine rings is 1. The maximum absolute atomic E-state index is 12.9. The molecule has 0 aromatic heterocycles. The molecule has 1 saturated heterocycles. The molecule has 0 unspecified atom stereocenters. The number of anilines is 1. The number of nitrogens with one attached hydrogen (secondary N) is 1. The fraction of sp³-hybridized carbons (Fsp3) is 0.350. The number of aryl methyl sites for hydroxylation is 1. The molecule has 1 heterocycles. The number of carbonyl (C=O) groups is 1. The summed E-state index contributed by atoms with van der Waals surface area (Å²) in [5, 5.41) is 3.19. The Morgan fingerprint density at radius 3 is 2.29 bits per heavy atom. The molecule has 3 rings (SSSR count). The van der Waals surface area contributed by atoms with Crippen molar-refractivity contribution in [2.45, 2.75) is 37.9 Å². The number of hydrogen-bond acceptors (Lipinski definition) is 4. The molecule has 6 nitrogen and oxygen atoms in total. The van der Waals surface area contributed by atoms with Crippen molar-refractivity contribution in [3.05, 3.63) is 58.6 Å². The number of hydrogen-bond donors (Lipinski definition) is 1. The van der Waals surface area contributed by atoms with Gasteiger partial charge in [-0.2, -0.15) is 4.31 Å². The van der Waals surface area contributed by atoms with Gasteiger partial charge in [0.2, 0.25) is 10.0 Å². The molecule has 2 atom stereocenters. The zero-order valence-electron chi connectivity index (χ0n) is 16.0. The average Bonchev–Trinajstić information content (AvgIpc) is 2.63. The van der Waals surface area contributed by atoms with Gasteiger partial charge in [-0.1, -0.05) is 17.7 Å². The Kier molecular flexibility index (Phi) is 6.09.